The summed E-state index contributed by atoms with van der Waals surface area (Å²) in [5.41, 5.74) is 13.2. The zero-order valence-corrected chi connectivity index (χ0v) is 18.3. The molecule has 0 spiro atoms. The number of aromatic nitrogens is 1. The fraction of sp³-hybridized carbons (Fsp3) is 0.560. The molecule has 1 aromatic carbocycles. The van der Waals surface area contributed by atoms with Crippen LogP contribution in [0, 0.1) is 5.92 Å². The van der Waals surface area contributed by atoms with E-state index in [4.69, 9.17) is 10.5 Å². The quantitative estimate of drug-likeness (QED) is 0.691. The van der Waals surface area contributed by atoms with Crippen LogP contribution >= 0.6 is 0 Å². The second-order valence-corrected chi connectivity index (χ2v) is 9.88. The molecule has 4 N–H and O–H groups in total. The molecule has 0 amide bonds. The molecular weight excluding hydrogens is 386 g/mol. The Kier molecular flexibility index (Phi) is 4.89. The van der Waals surface area contributed by atoms with Crippen molar-refractivity contribution in [3.05, 3.63) is 52.7 Å². The van der Waals surface area contributed by atoms with Gasteiger partial charge in [0.15, 0.2) is 0 Å². The third kappa shape index (κ3) is 3.71. The number of aryl methyl sites for hydroxylation is 1. The molecule has 2 aliphatic heterocycles. The normalized spacial score (nSPS) is 30.9. The topological polar surface area (TPSA) is 75.4 Å². The van der Waals surface area contributed by atoms with Gasteiger partial charge in [-0.3, -0.25) is 0 Å². The lowest BCUT2D eigenvalue weighted by atomic mass is 9.87. The number of nitrogens with zero attached hydrogens (tertiary/aromatic N) is 2. The van der Waals surface area contributed by atoms with Crippen LogP contribution in [0.2, 0.25) is 0 Å². The minimum absolute atomic E-state index is 0.0919. The minimum Gasteiger partial charge on any atom is -0.378 e. The Morgan fingerprint density at radius 3 is 3.06 bits per heavy atom. The number of nitrogens with two attached hydrogens (primary N) is 1. The summed E-state index contributed by atoms with van der Waals surface area (Å²) in [6.45, 7) is 3.75. The molecule has 4 aliphatic rings. The number of nitrogens with one attached hydrogen (secondary N) is 2. The van der Waals surface area contributed by atoms with Crippen molar-refractivity contribution < 1.29 is 4.74 Å². The van der Waals surface area contributed by atoms with Crippen molar-refractivity contribution in [2.45, 2.75) is 56.3 Å². The first-order chi connectivity index (χ1) is 15.2. The van der Waals surface area contributed by atoms with E-state index < -0.39 is 0 Å². The van der Waals surface area contributed by atoms with Crippen LogP contribution in [0.3, 0.4) is 0 Å². The highest BCUT2D eigenvalue weighted by Gasteiger charge is 2.43. The average molecular weight is 420 g/mol. The SMILES string of the molecule is CO[C@H]1CN(c2ccc3c(c2)CC[C@H](NCc2cnc4c(c2)[C@@H]2C[C@@H]2CN4)C3)C[C@@H]1N. The molecule has 2 fully saturated rings. The van der Waals surface area contributed by atoms with Crippen molar-refractivity contribution in [1.29, 1.82) is 0 Å². The molecule has 2 aliphatic carbocycles. The highest BCUT2D eigenvalue weighted by molar-refractivity contribution is 5.54. The monoisotopic (exact) mass is 419 g/mol. The number of hydrogen-bond acceptors (Lipinski definition) is 6. The summed E-state index contributed by atoms with van der Waals surface area (Å²) >= 11 is 0. The van der Waals surface area contributed by atoms with Crippen LogP contribution in [0.15, 0.2) is 30.5 Å². The van der Waals surface area contributed by atoms with Crippen molar-refractivity contribution >= 4 is 11.5 Å². The fourth-order valence-corrected chi connectivity index (χ4v) is 5.77. The molecular formula is C25H33N5O. The van der Waals surface area contributed by atoms with Gasteiger partial charge in [0, 0.05) is 51.2 Å². The molecule has 0 unspecified atom stereocenters. The van der Waals surface area contributed by atoms with E-state index in [1.54, 1.807) is 7.11 Å². The Balaban J connectivity index is 1.08. The Morgan fingerprint density at radius 1 is 1.26 bits per heavy atom. The summed E-state index contributed by atoms with van der Waals surface area (Å²) in [6, 6.07) is 9.96. The summed E-state index contributed by atoms with van der Waals surface area (Å²) in [4.78, 5) is 7.05. The lowest BCUT2D eigenvalue weighted by Crippen LogP contribution is -2.34. The molecule has 2 aromatic rings. The van der Waals surface area contributed by atoms with Crippen molar-refractivity contribution in [2.24, 2.45) is 11.7 Å². The van der Waals surface area contributed by atoms with Gasteiger partial charge in [0.25, 0.3) is 0 Å². The number of methoxy groups -OCH3 is 1. The van der Waals surface area contributed by atoms with Crippen LogP contribution in [0.25, 0.3) is 0 Å². The van der Waals surface area contributed by atoms with E-state index in [1.165, 1.54) is 40.8 Å². The van der Waals surface area contributed by atoms with E-state index in [-0.39, 0.29) is 12.1 Å². The fourth-order valence-electron chi connectivity index (χ4n) is 5.77. The largest absolute Gasteiger partial charge is 0.378 e. The Bertz CT molecular complexity index is 978. The summed E-state index contributed by atoms with van der Waals surface area (Å²) < 4.78 is 5.52. The number of anilines is 2. The van der Waals surface area contributed by atoms with Crippen molar-refractivity contribution in [1.82, 2.24) is 10.3 Å². The highest BCUT2D eigenvalue weighted by Crippen LogP contribution is 2.52. The van der Waals surface area contributed by atoms with E-state index in [0.29, 0.717) is 6.04 Å². The molecule has 6 heteroatoms. The van der Waals surface area contributed by atoms with Crippen molar-refractivity contribution in [3.63, 3.8) is 0 Å². The summed E-state index contributed by atoms with van der Waals surface area (Å²) in [5, 5.41) is 7.28. The number of ether oxygens (including phenoxy) is 1. The van der Waals surface area contributed by atoms with Gasteiger partial charge in [-0.2, -0.15) is 0 Å². The van der Waals surface area contributed by atoms with Gasteiger partial charge < -0.3 is 26.0 Å². The predicted molar refractivity (Wildman–Crippen MR) is 124 cm³/mol. The van der Waals surface area contributed by atoms with Gasteiger partial charge in [-0.05, 0) is 78.0 Å². The van der Waals surface area contributed by atoms with Crippen LogP contribution in [-0.2, 0) is 24.1 Å². The molecule has 5 atom stereocenters. The molecule has 0 radical (unpaired) electrons. The standard InChI is InChI=1S/C25H33N5O/c1-31-24-14-30(13-23(24)26)20-5-3-16-7-19(4-2-17(16)8-20)27-10-15-6-22-21-9-18(21)12-29-25(22)28-11-15/h3,5-6,8,11,18-19,21,23-24,27H,2,4,7,9-10,12-14,26H2,1H3,(H,28,29)/t18-,19+,21-,23+,24+/m1/s1. The van der Waals surface area contributed by atoms with E-state index >= 15 is 0 Å². The first-order valence-electron chi connectivity index (χ1n) is 11.8. The van der Waals surface area contributed by atoms with Crippen LogP contribution in [0.5, 0.6) is 0 Å². The maximum Gasteiger partial charge on any atom is 0.129 e. The highest BCUT2D eigenvalue weighted by atomic mass is 16.5. The lowest BCUT2D eigenvalue weighted by Gasteiger charge is -2.28. The third-order valence-electron chi connectivity index (χ3n) is 7.82. The third-order valence-corrected chi connectivity index (χ3v) is 7.82. The van der Waals surface area contributed by atoms with Gasteiger partial charge in [0.1, 0.15) is 5.82 Å². The Hall–Kier alpha value is -2.15. The molecule has 1 aromatic heterocycles. The van der Waals surface area contributed by atoms with Gasteiger partial charge in [0.2, 0.25) is 0 Å². The Labute approximate surface area is 184 Å². The van der Waals surface area contributed by atoms with E-state index in [2.05, 4.69) is 44.8 Å². The first-order valence-corrected chi connectivity index (χ1v) is 11.8. The maximum absolute atomic E-state index is 6.22. The van der Waals surface area contributed by atoms with Crippen molar-refractivity contribution in [3.8, 4) is 0 Å². The molecule has 1 saturated carbocycles. The first kappa shape index (κ1) is 19.5. The van der Waals surface area contributed by atoms with Gasteiger partial charge in [-0.1, -0.05) is 6.07 Å². The number of hydrogen-bond donors (Lipinski definition) is 3. The Morgan fingerprint density at radius 2 is 2.19 bits per heavy atom. The van der Waals surface area contributed by atoms with Crippen LogP contribution < -0.4 is 21.3 Å². The molecule has 164 valence electrons. The summed E-state index contributed by atoms with van der Waals surface area (Å²) in [7, 11) is 1.76. The number of benzene rings is 1. The zero-order valence-electron chi connectivity index (χ0n) is 18.3. The maximum atomic E-state index is 6.22. The van der Waals surface area contributed by atoms with Crippen LogP contribution in [-0.4, -0.2) is 49.9 Å². The zero-order chi connectivity index (χ0) is 20.9. The lowest BCUT2D eigenvalue weighted by molar-refractivity contribution is 0.108. The second-order valence-electron chi connectivity index (χ2n) is 9.88. The molecule has 3 heterocycles. The molecule has 0 bridgehead atoms. The predicted octanol–water partition coefficient (Wildman–Crippen LogP) is 2.42. The van der Waals surface area contributed by atoms with E-state index in [9.17, 15) is 0 Å². The van der Waals surface area contributed by atoms with E-state index in [0.717, 1.165) is 56.7 Å². The average Bonchev–Trinajstić information content (AvgIpc) is 3.51. The summed E-state index contributed by atoms with van der Waals surface area (Å²) in [6.07, 6.45) is 6.91. The van der Waals surface area contributed by atoms with Crippen LogP contribution in [0.1, 0.15) is 41.0 Å². The molecule has 31 heavy (non-hydrogen) atoms. The number of pyridine rings is 1. The van der Waals surface area contributed by atoms with Crippen LogP contribution in [0.4, 0.5) is 11.5 Å². The number of fused-ring (bicyclic) bond motifs is 4. The molecule has 1 saturated heterocycles. The van der Waals surface area contributed by atoms with Gasteiger partial charge in [0.05, 0.1) is 12.1 Å². The second kappa shape index (κ2) is 7.76. The van der Waals surface area contributed by atoms with E-state index in [1.807, 2.05) is 6.20 Å². The van der Waals surface area contributed by atoms with Gasteiger partial charge in [-0.15, -0.1) is 0 Å². The summed E-state index contributed by atoms with van der Waals surface area (Å²) in [5.74, 6) is 2.71. The molecule has 6 nitrogen and oxygen atoms in total. The smallest absolute Gasteiger partial charge is 0.129 e. The number of rotatable bonds is 5. The van der Waals surface area contributed by atoms with Crippen molar-refractivity contribution in [2.75, 3.05) is 37.0 Å². The molecule has 6 rings (SSSR count). The minimum atomic E-state index is 0.0919. The van der Waals surface area contributed by atoms with Gasteiger partial charge in [-0.25, -0.2) is 4.98 Å². The van der Waals surface area contributed by atoms with Gasteiger partial charge >= 0.3 is 0 Å².